The summed E-state index contributed by atoms with van der Waals surface area (Å²) in [5, 5.41) is 0. The van der Waals surface area contributed by atoms with Crippen molar-refractivity contribution < 1.29 is 4.79 Å². The van der Waals surface area contributed by atoms with Gasteiger partial charge >= 0.3 is 0 Å². The molecule has 8 nitrogen and oxygen atoms in total. The van der Waals surface area contributed by atoms with Crippen LogP contribution in [0.3, 0.4) is 0 Å². The normalized spacial score (nSPS) is 10.7. The number of carbonyl (C=O) groups is 1. The van der Waals surface area contributed by atoms with Crippen LogP contribution in [0.1, 0.15) is 0 Å². The average Bonchev–Trinajstić information content (AvgIpc) is 2.65. The van der Waals surface area contributed by atoms with Gasteiger partial charge in [-0.25, -0.2) is 15.4 Å². The molecule has 0 unspecified atom stereocenters. The summed E-state index contributed by atoms with van der Waals surface area (Å²) in [6.07, 6.45) is 2.82. The molecule has 0 aliphatic carbocycles. The van der Waals surface area contributed by atoms with Crippen LogP contribution >= 0.6 is 0 Å². The van der Waals surface area contributed by atoms with Crippen LogP contribution in [0, 0.1) is 0 Å². The minimum atomic E-state index is -0.321. The van der Waals surface area contributed by atoms with Gasteiger partial charge < -0.3 is 4.57 Å². The Hall–Kier alpha value is -2.22. The molecule has 0 fully saturated rings. The fraction of sp³-hybridized carbons (Fsp3) is 0.333. The fourth-order valence-electron chi connectivity index (χ4n) is 1.52. The lowest BCUT2D eigenvalue weighted by molar-refractivity contribution is -0.122. The van der Waals surface area contributed by atoms with Crippen LogP contribution in [-0.4, -0.2) is 32.1 Å². The Morgan fingerprint density at radius 1 is 1.41 bits per heavy atom. The maximum atomic E-state index is 12.0. The van der Waals surface area contributed by atoms with Crippen molar-refractivity contribution in [1.29, 1.82) is 0 Å². The number of aromatic nitrogens is 4. The number of hydrazine groups is 1. The van der Waals surface area contributed by atoms with Crippen LogP contribution in [0.5, 0.6) is 0 Å². The maximum absolute atomic E-state index is 12.0. The third-order valence-corrected chi connectivity index (χ3v) is 2.28. The molecule has 0 saturated carbocycles. The molecule has 1 amide bonds. The molecule has 8 heteroatoms. The van der Waals surface area contributed by atoms with Crippen molar-refractivity contribution in [2.24, 2.45) is 7.05 Å². The predicted octanol–water partition coefficient (Wildman–Crippen LogP) is -1.62. The first kappa shape index (κ1) is 11.3. The fourth-order valence-corrected chi connectivity index (χ4v) is 1.52. The van der Waals surface area contributed by atoms with E-state index in [9.17, 15) is 9.59 Å². The Morgan fingerprint density at radius 2 is 2.12 bits per heavy atom. The summed E-state index contributed by atoms with van der Waals surface area (Å²) in [7, 11) is 3.28. The Morgan fingerprint density at radius 3 is 2.82 bits per heavy atom. The van der Waals surface area contributed by atoms with Gasteiger partial charge in [0.1, 0.15) is 12.9 Å². The van der Waals surface area contributed by atoms with Crippen LogP contribution in [0.15, 0.2) is 17.4 Å². The number of amides is 1. The highest BCUT2D eigenvalue weighted by Crippen LogP contribution is 2.01. The molecule has 0 spiro atoms. The van der Waals surface area contributed by atoms with Gasteiger partial charge in [0, 0.05) is 14.1 Å². The summed E-state index contributed by atoms with van der Waals surface area (Å²) >= 11 is 0. The molecule has 2 rings (SSSR count). The van der Waals surface area contributed by atoms with Crippen LogP contribution < -0.4 is 16.4 Å². The van der Waals surface area contributed by atoms with Gasteiger partial charge in [-0.05, 0) is 0 Å². The van der Waals surface area contributed by atoms with E-state index in [2.05, 4.69) is 20.8 Å². The summed E-state index contributed by atoms with van der Waals surface area (Å²) < 4.78 is 2.81. The third kappa shape index (κ3) is 2.02. The molecule has 0 aromatic carbocycles. The highest BCUT2D eigenvalue weighted by Gasteiger charge is 2.10. The monoisotopic (exact) mass is 236 g/mol. The second-order valence-corrected chi connectivity index (χ2v) is 3.50. The minimum absolute atomic E-state index is 0.0895. The molecular weight excluding hydrogens is 224 g/mol. The van der Waals surface area contributed by atoms with Crippen molar-refractivity contribution in [3.05, 3.63) is 23.0 Å². The number of fused-ring (bicyclic) bond motifs is 1. The third-order valence-electron chi connectivity index (χ3n) is 2.28. The summed E-state index contributed by atoms with van der Waals surface area (Å²) in [6.45, 7) is -0.0895. The minimum Gasteiger partial charge on any atom is -0.328 e. The molecular formula is C9H12N6O2. The van der Waals surface area contributed by atoms with Crippen molar-refractivity contribution in [2.45, 2.75) is 6.54 Å². The van der Waals surface area contributed by atoms with Crippen molar-refractivity contribution in [3.63, 3.8) is 0 Å². The molecule has 2 aromatic rings. The van der Waals surface area contributed by atoms with Gasteiger partial charge in [-0.2, -0.15) is 0 Å². The van der Waals surface area contributed by atoms with E-state index in [-0.39, 0.29) is 18.0 Å². The zero-order valence-electron chi connectivity index (χ0n) is 9.47. The molecule has 0 bridgehead atoms. The number of nitrogens with zero attached hydrogens (tertiary/aromatic N) is 4. The van der Waals surface area contributed by atoms with Gasteiger partial charge in [0.2, 0.25) is 0 Å². The molecule has 0 aliphatic heterocycles. The molecule has 0 radical (unpaired) electrons. The molecule has 17 heavy (non-hydrogen) atoms. The zero-order chi connectivity index (χ0) is 12.4. The Bertz CT molecular complexity index is 613. The average molecular weight is 236 g/mol. The van der Waals surface area contributed by atoms with Crippen molar-refractivity contribution >= 4 is 17.1 Å². The molecule has 2 aromatic heterocycles. The van der Waals surface area contributed by atoms with Crippen LogP contribution in [0.25, 0.3) is 11.2 Å². The number of carbonyl (C=O) groups excluding carboxylic acids is 1. The Labute approximate surface area is 96.3 Å². The summed E-state index contributed by atoms with van der Waals surface area (Å²) in [4.78, 5) is 31.3. The van der Waals surface area contributed by atoms with E-state index in [0.717, 1.165) is 0 Å². The van der Waals surface area contributed by atoms with Crippen molar-refractivity contribution in [3.8, 4) is 0 Å². The Kier molecular flexibility index (Phi) is 2.88. The smallest absolute Gasteiger partial charge is 0.280 e. The number of imidazole rings is 1. The van der Waals surface area contributed by atoms with E-state index < -0.39 is 0 Å². The predicted molar refractivity (Wildman–Crippen MR) is 60.0 cm³/mol. The molecule has 0 saturated heterocycles. The quantitative estimate of drug-likeness (QED) is 0.625. The lowest BCUT2D eigenvalue weighted by atomic mass is 10.5. The van der Waals surface area contributed by atoms with E-state index in [1.54, 1.807) is 18.7 Å². The first-order valence-corrected chi connectivity index (χ1v) is 4.95. The van der Waals surface area contributed by atoms with Gasteiger partial charge in [-0.1, -0.05) is 0 Å². The lowest BCUT2D eigenvalue weighted by Gasteiger charge is -2.05. The molecule has 0 aliphatic rings. The van der Waals surface area contributed by atoms with Crippen LogP contribution in [0.4, 0.5) is 0 Å². The number of rotatable bonds is 3. The maximum Gasteiger partial charge on any atom is 0.280 e. The summed E-state index contributed by atoms with van der Waals surface area (Å²) in [5.41, 5.74) is 5.34. The highest BCUT2D eigenvalue weighted by atomic mass is 16.2. The van der Waals surface area contributed by atoms with Crippen molar-refractivity contribution in [2.75, 3.05) is 7.05 Å². The first-order valence-electron chi connectivity index (χ1n) is 4.95. The number of hydrogen-bond donors (Lipinski definition) is 2. The highest BCUT2D eigenvalue weighted by molar-refractivity contribution is 5.75. The van der Waals surface area contributed by atoms with E-state index in [1.807, 2.05) is 0 Å². The molecule has 90 valence electrons. The van der Waals surface area contributed by atoms with Gasteiger partial charge in [-0.15, -0.1) is 0 Å². The van der Waals surface area contributed by atoms with Gasteiger partial charge in [0.25, 0.3) is 11.5 Å². The lowest BCUT2D eigenvalue weighted by Crippen LogP contribution is -2.39. The van der Waals surface area contributed by atoms with Gasteiger partial charge in [0.05, 0.1) is 6.33 Å². The number of aryl methyl sites for hydroxylation is 1. The topological polar surface area (TPSA) is 93.8 Å². The summed E-state index contributed by atoms with van der Waals surface area (Å²) in [5.74, 6) is -0.321. The largest absolute Gasteiger partial charge is 0.328 e. The Balaban J connectivity index is 2.42. The molecule has 0 atom stereocenters. The standard InChI is InChI=1S/C9H12N6O2/c1-10-13-6(16)3-15-5-12-8-7(9(15)17)14(2)4-11-8/h4-5,10H,3H2,1-2H3,(H,13,16). The number of hydrogen-bond acceptors (Lipinski definition) is 5. The van der Waals surface area contributed by atoms with Crippen molar-refractivity contribution in [1.82, 2.24) is 30.0 Å². The van der Waals surface area contributed by atoms with E-state index in [4.69, 9.17) is 0 Å². The first-order chi connectivity index (χ1) is 8.13. The van der Waals surface area contributed by atoms with Crippen LogP contribution in [-0.2, 0) is 18.4 Å². The summed E-state index contributed by atoms with van der Waals surface area (Å²) in [6, 6.07) is 0. The molecule has 2 heterocycles. The van der Waals surface area contributed by atoms with Crippen LogP contribution in [0.2, 0.25) is 0 Å². The SMILES string of the molecule is CNNC(=O)Cn1cnc2ncn(C)c2c1=O. The van der Waals surface area contributed by atoms with E-state index in [1.165, 1.54) is 17.2 Å². The van der Waals surface area contributed by atoms with Gasteiger partial charge in [0.15, 0.2) is 11.2 Å². The van der Waals surface area contributed by atoms with E-state index in [0.29, 0.717) is 11.2 Å². The van der Waals surface area contributed by atoms with E-state index >= 15 is 0 Å². The molecule has 2 N–H and O–H groups in total. The zero-order valence-corrected chi connectivity index (χ0v) is 9.47. The second kappa shape index (κ2) is 4.34. The second-order valence-electron chi connectivity index (χ2n) is 3.50. The number of nitrogens with one attached hydrogen (secondary N) is 2. The van der Waals surface area contributed by atoms with Gasteiger partial charge in [-0.3, -0.25) is 19.6 Å².